The average Bonchev–Trinajstić information content (AvgIpc) is 3.21. The van der Waals surface area contributed by atoms with Gasteiger partial charge in [-0.3, -0.25) is 9.59 Å². The van der Waals surface area contributed by atoms with Crippen LogP contribution in [0.1, 0.15) is 30.0 Å². The maximum atomic E-state index is 14.6. The van der Waals surface area contributed by atoms with Crippen molar-refractivity contribution in [2.45, 2.75) is 25.0 Å². The van der Waals surface area contributed by atoms with E-state index in [-0.39, 0.29) is 23.8 Å². The summed E-state index contributed by atoms with van der Waals surface area (Å²) in [6.07, 6.45) is 1.37. The largest absolute Gasteiger partial charge is 0.503 e. The minimum atomic E-state index is -1.15. The number of halogens is 1. The Morgan fingerprint density at radius 2 is 1.79 bits per heavy atom. The second kappa shape index (κ2) is 7.56. The first-order valence-electron chi connectivity index (χ1n) is 9.28. The van der Waals surface area contributed by atoms with Crippen LogP contribution in [0.5, 0.6) is 0 Å². The van der Waals surface area contributed by atoms with E-state index in [0.29, 0.717) is 12.2 Å². The fraction of sp³-hybridized carbons (Fsp3) is 0.273. The molecule has 0 spiro atoms. The van der Waals surface area contributed by atoms with Crippen LogP contribution in [0.15, 0.2) is 60.4 Å². The van der Waals surface area contributed by atoms with Crippen molar-refractivity contribution in [3.05, 3.63) is 77.3 Å². The van der Waals surface area contributed by atoms with Crippen LogP contribution < -0.4 is 0 Å². The predicted octanol–water partition coefficient (Wildman–Crippen LogP) is 3.43. The van der Waals surface area contributed by atoms with Crippen LogP contribution in [0.2, 0.25) is 0 Å². The van der Waals surface area contributed by atoms with Gasteiger partial charge >= 0.3 is 0 Å². The summed E-state index contributed by atoms with van der Waals surface area (Å²) in [6.45, 7) is 0.706. The van der Waals surface area contributed by atoms with Gasteiger partial charge in [-0.1, -0.05) is 48.5 Å². The number of amides is 1. The molecule has 5 nitrogen and oxygen atoms in total. The molecule has 2 aromatic carbocycles. The van der Waals surface area contributed by atoms with Crippen molar-refractivity contribution < 1.29 is 23.8 Å². The molecule has 0 aliphatic carbocycles. The Bertz CT molecular complexity index is 935. The Morgan fingerprint density at radius 3 is 2.46 bits per heavy atom. The Kier molecular flexibility index (Phi) is 4.96. The first-order valence-corrected chi connectivity index (χ1v) is 9.28. The molecule has 6 heteroatoms. The molecule has 1 amide bonds. The summed E-state index contributed by atoms with van der Waals surface area (Å²) in [7, 11) is 0. The lowest BCUT2D eigenvalue weighted by Crippen LogP contribution is -2.48. The number of aliphatic hydroxyl groups is 1. The van der Waals surface area contributed by atoms with Crippen LogP contribution in [0.25, 0.3) is 5.57 Å². The Labute approximate surface area is 162 Å². The zero-order valence-corrected chi connectivity index (χ0v) is 15.2. The number of benzene rings is 2. The summed E-state index contributed by atoms with van der Waals surface area (Å²) >= 11 is 0. The molecule has 2 aromatic rings. The number of carbonyl (C=O) groups is 2. The fourth-order valence-electron chi connectivity index (χ4n) is 3.84. The molecule has 0 aromatic heterocycles. The van der Waals surface area contributed by atoms with Crippen molar-refractivity contribution in [2.75, 3.05) is 13.2 Å². The minimum absolute atomic E-state index is 0.0811. The molecule has 1 N–H and O–H groups in total. The second-order valence-electron chi connectivity index (χ2n) is 6.97. The number of hydrogen-bond acceptors (Lipinski definition) is 4. The fourth-order valence-corrected chi connectivity index (χ4v) is 3.84. The summed E-state index contributed by atoms with van der Waals surface area (Å²) < 4.78 is 20.2. The average molecular weight is 381 g/mol. The van der Waals surface area contributed by atoms with Crippen molar-refractivity contribution in [3.63, 3.8) is 0 Å². The molecule has 0 bridgehead atoms. The summed E-state index contributed by atoms with van der Waals surface area (Å²) in [5, 5.41) is 10.6. The van der Waals surface area contributed by atoms with Gasteiger partial charge in [-0.2, -0.15) is 0 Å². The molecule has 4 rings (SSSR count). The third kappa shape index (κ3) is 3.20. The van der Waals surface area contributed by atoms with E-state index in [9.17, 15) is 19.1 Å². The van der Waals surface area contributed by atoms with Gasteiger partial charge in [0.1, 0.15) is 11.9 Å². The molecule has 2 heterocycles. The first-order chi connectivity index (χ1) is 13.6. The van der Waals surface area contributed by atoms with Gasteiger partial charge in [-0.25, -0.2) is 4.39 Å². The molecular weight excluding hydrogens is 361 g/mol. The second-order valence-corrected chi connectivity index (χ2v) is 6.97. The summed E-state index contributed by atoms with van der Waals surface area (Å²) in [6, 6.07) is 13.3. The molecular formula is C22H20FNO4. The molecule has 2 aliphatic heterocycles. The highest BCUT2D eigenvalue weighted by atomic mass is 19.1. The van der Waals surface area contributed by atoms with E-state index in [1.165, 1.54) is 23.1 Å². The number of nitrogens with zero attached hydrogens (tertiary/aromatic N) is 1. The molecule has 0 saturated carbocycles. The van der Waals surface area contributed by atoms with Gasteiger partial charge in [0.25, 0.3) is 5.91 Å². The molecule has 2 aliphatic rings. The lowest BCUT2D eigenvalue weighted by atomic mass is 9.87. The number of ketones is 1. The Hall–Kier alpha value is -2.99. The lowest BCUT2D eigenvalue weighted by Gasteiger charge is -2.36. The van der Waals surface area contributed by atoms with Crippen LogP contribution in [-0.2, 0) is 14.3 Å². The van der Waals surface area contributed by atoms with Crippen LogP contribution in [-0.4, -0.2) is 41.0 Å². The molecule has 1 saturated heterocycles. The van der Waals surface area contributed by atoms with Gasteiger partial charge in [-0.05, 0) is 24.5 Å². The summed E-state index contributed by atoms with van der Waals surface area (Å²) in [5.41, 5.74) is 0.457. The number of rotatable bonds is 4. The third-order valence-electron chi connectivity index (χ3n) is 5.19. The number of ether oxygens (including phenoxy) is 1. The normalized spacial score (nSPS) is 22.8. The van der Waals surface area contributed by atoms with E-state index in [2.05, 4.69) is 0 Å². The third-order valence-corrected chi connectivity index (χ3v) is 5.19. The van der Waals surface area contributed by atoms with Gasteiger partial charge < -0.3 is 14.7 Å². The SMILES string of the molecule is O=C1C(c2ccccc2)=C(O)C(=O)N(C[C@H]2CCCO2)[C@H]1c1ccccc1F. The smallest absolute Gasteiger partial charge is 0.290 e. The molecule has 1 fully saturated rings. The van der Waals surface area contributed by atoms with E-state index in [1.807, 2.05) is 0 Å². The predicted molar refractivity (Wildman–Crippen MR) is 101 cm³/mol. The van der Waals surface area contributed by atoms with Crippen molar-refractivity contribution in [3.8, 4) is 0 Å². The van der Waals surface area contributed by atoms with Crippen molar-refractivity contribution >= 4 is 17.3 Å². The lowest BCUT2D eigenvalue weighted by molar-refractivity contribution is -0.140. The van der Waals surface area contributed by atoms with Crippen molar-refractivity contribution in [1.82, 2.24) is 4.90 Å². The maximum Gasteiger partial charge on any atom is 0.290 e. The highest BCUT2D eigenvalue weighted by molar-refractivity contribution is 6.30. The van der Waals surface area contributed by atoms with Crippen molar-refractivity contribution in [1.29, 1.82) is 0 Å². The highest BCUT2D eigenvalue weighted by Crippen LogP contribution is 2.37. The zero-order valence-electron chi connectivity index (χ0n) is 15.2. The Balaban J connectivity index is 1.83. The molecule has 0 radical (unpaired) electrons. The van der Waals surface area contributed by atoms with Crippen LogP contribution in [0, 0.1) is 5.82 Å². The van der Waals surface area contributed by atoms with Crippen LogP contribution in [0.3, 0.4) is 0 Å². The number of Topliss-reactive ketones (excluding diaryl/α,β-unsaturated/α-hetero) is 1. The van der Waals surface area contributed by atoms with Crippen molar-refractivity contribution in [2.24, 2.45) is 0 Å². The maximum absolute atomic E-state index is 14.6. The van der Waals surface area contributed by atoms with Gasteiger partial charge in [-0.15, -0.1) is 0 Å². The Morgan fingerprint density at radius 1 is 1.07 bits per heavy atom. The standard InChI is InChI=1S/C22H20FNO4/c23-17-11-5-4-10-16(17)19-20(25)18(14-7-2-1-3-8-14)21(26)22(27)24(19)13-15-9-6-12-28-15/h1-5,7-8,10-11,15,19,26H,6,9,12-13H2/t15-,19+/m1/s1. The van der Waals surface area contributed by atoms with Crippen LogP contribution in [0.4, 0.5) is 4.39 Å². The van der Waals surface area contributed by atoms with Gasteiger partial charge in [0.2, 0.25) is 0 Å². The summed E-state index contributed by atoms with van der Waals surface area (Å²) in [5.74, 6) is -2.38. The van der Waals surface area contributed by atoms with E-state index >= 15 is 0 Å². The van der Waals surface area contributed by atoms with Gasteiger partial charge in [0.15, 0.2) is 11.5 Å². The number of aliphatic hydroxyl groups excluding tert-OH is 1. The van der Waals surface area contributed by atoms with E-state index in [1.54, 1.807) is 36.4 Å². The molecule has 28 heavy (non-hydrogen) atoms. The van der Waals surface area contributed by atoms with E-state index in [4.69, 9.17) is 4.74 Å². The topological polar surface area (TPSA) is 66.8 Å². The van der Waals surface area contributed by atoms with Gasteiger partial charge in [0, 0.05) is 18.7 Å². The highest BCUT2D eigenvalue weighted by Gasteiger charge is 2.44. The van der Waals surface area contributed by atoms with Gasteiger partial charge in [0.05, 0.1) is 11.7 Å². The zero-order chi connectivity index (χ0) is 19.7. The molecule has 0 unspecified atom stereocenters. The first kappa shape index (κ1) is 18.4. The van der Waals surface area contributed by atoms with E-state index in [0.717, 1.165) is 12.8 Å². The van der Waals surface area contributed by atoms with Crippen LogP contribution >= 0.6 is 0 Å². The minimum Gasteiger partial charge on any atom is -0.503 e. The summed E-state index contributed by atoms with van der Waals surface area (Å²) in [4.78, 5) is 27.7. The molecule has 144 valence electrons. The number of hydrogen-bond donors (Lipinski definition) is 1. The monoisotopic (exact) mass is 381 g/mol. The van der Waals surface area contributed by atoms with E-state index < -0.39 is 29.3 Å². The molecule has 2 atom stereocenters. The quantitative estimate of drug-likeness (QED) is 0.881. The number of carbonyl (C=O) groups excluding carboxylic acids is 2.